The highest BCUT2D eigenvalue weighted by molar-refractivity contribution is 5.18. The van der Waals surface area contributed by atoms with Crippen LogP contribution in [0.1, 0.15) is 51.6 Å². The predicted octanol–water partition coefficient (Wildman–Crippen LogP) is 3.28. The summed E-state index contributed by atoms with van der Waals surface area (Å²) in [5.41, 5.74) is 0.729. The summed E-state index contributed by atoms with van der Waals surface area (Å²) in [6.07, 6.45) is 2.62. The standard InChI is InChI=1S/C15H25NO/c1-4-14(13-10-8-7-9-11-13)16-12-15(17,5-2)6-3/h7-11,14,16-17H,4-6,12H2,1-3H3. The Morgan fingerprint density at radius 2 is 1.71 bits per heavy atom. The Morgan fingerprint density at radius 1 is 1.12 bits per heavy atom. The molecule has 0 aliphatic carbocycles. The van der Waals surface area contributed by atoms with E-state index in [4.69, 9.17) is 0 Å². The number of rotatable bonds is 7. The molecule has 0 bridgehead atoms. The van der Waals surface area contributed by atoms with Crippen LogP contribution in [0, 0.1) is 0 Å². The maximum absolute atomic E-state index is 10.3. The zero-order valence-corrected chi connectivity index (χ0v) is 11.2. The van der Waals surface area contributed by atoms with Crippen molar-refractivity contribution >= 4 is 0 Å². The second kappa shape index (κ2) is 6.77. The number of aliphatic hydroxyl groups is 1. The van der Waals surface area contributed by atoms with Crippen LogP contribution in [0.4, 0.5) is 0 Å². The second-order valence-electron chi connectivity index (χ2n) is 4.68. The molecular formula is C15H25NO. The SMILES string of the molecule is CCC(NCC(O)(CC)CC)c1ccccc1. The van der Waals surface area contributed by atoms with Gasteiger partial charge in [0.1, 0.15) is 0 Å². The van der Waals surface area contributed by atoms with Crippen molar-refractivity contribution in [1.82, 2.24) is 5.32 Å². The van der Waals surface area contributed by atoms with Gasteiger partial charge in [-0.3, -0.25) is 0 Å². The van der Waals surface area contributed by atoms with Crippen LogP contribution < -0.4 is 5.32 Å². The average Bonchev–Trinajstić information content (AvgIpc) is 2.40. The summed E-state index contributed by atoms with van der Waals surface area (Å²) in [5.74, 6) is 0. The molecule has 1 rings (SSSR count). The third kappa shape index (κ3) is 4.14. The molecule has 17 heavy (non-hydrogen) atoms. The fraction of sp³-hybridized carbons (Fsp3) is 0.600. The highest BCUT2D eigenvalue weighted by Gasteiger charge is 2.23. The number of nitrogens with one attached hydrogen (secondary N) is 1. The summed E-state index contributed by atoms with van der Waals surface area (Å²) in [7, 11) is 0. The lowest BCUT2D eigenvalue weighted by atomic mass is 9.96. The first-order valence-electron chi connectivity index (χ1n) is 6.66. The van der Waals surface area contributed by atoms with Gasteiger partial charge in [0.2, 0.25) is 0 Å². The Labute approximate surface area is 105 Å². The number of benzene rings is 1. The van der Waals surface area contributed by atoms with E-state index in [1.54, 1.807) is 0 Å². The smallest absolute Gasteiger partial charge is 0.0766 e. The van der Waals surface area contributed by atoms with Gasteiger partial charge in [0.15, 0.2) is 0 Å². The van der Waals surface area contributed by atoms with Crippen LogP contribution in [0.2, 0.25) is 0 Å². The summed E-state index contributed by atoms with van der Waals surface area (Å²) in [5, 5.41) is 13.7. The van der Waals surface area contributed by atoms with Crippen LogP contribution in [0.25, 0.3) is 0 Å². The van der Waals surface area contributed by atoms with Crippen LogP contribution in [0.15, 0.2) is 30.3 Å². The van der Waals surface area contributed by atoms with E-state index in [1.165, 1.54) is 5.56 Å². The summed E-state index contributed by atoms with van der Waals surface area (Å²) in [4.78, 5) is 0. The fourth-order valence-electron chi connectivity index (χ4n) is 2.00. The van der Waals surface area contributed by atoms with Crippen LogP contribution in [0.5, 0.6) is 0 Å². The maximum Gasteiger partial charge on any atom is 0.0766 e. The molecule has 0 amide bonds. The topological polar surface area (TPSA) is 32.3 Å². The van der Waals surface area contributed by atoms with E-state index in [0.29, 0.717) is 12.6 Å². The lowest BCUT2D eigenvalue weighted by molar-refractivity contribution is 0.0297. The molecule has 96 valence electrons. The minimum Gasteiger partial charge on any atom is -0.389 e. The summed E-state index contributed by atoms with van der Waals surface area (Å²) >= 11 is 0. The third-order valence-corrected chi connectivity index (χ3v) is 3.60. The first-order chi connectivity index (χ1) is 8.15. The van der Waals surface area contributed by atoms with E-state index < -0.39 is 5.60 Å². The fourth-order valence-corrected chi connectivity index (χ4v) is 2.00. The molecule has 0 aliphatic rings. The van der Waals surface area contributed by atoms with Crippen molar-refractivity contribution in [2.75, 3.05) is 6.54 Å². The van der Waals surface area contributed by atoms with E-state index >= 15 is 0 Å². The van der Waals surface area contributed by atoms with Gasteiger partial charge in [-0.25, -0.2) is 0 Å². The monoisotopic (exact) mass is 235 g/mol. The quantitative estimate of drug-likeness (QED) is 0.760. The van der Waals surface area contributed by atoms with Crippen LogP contribution >= 0.6 is 0 Å². The van der Waals surface area contributed by atoms with Crippen molar-refractivity contribution in [1.29, 1.82) is 0 Å². The van der Waals surface area contributed by atoms with E-state index in [2.05, 4.69) is 36.5 Å². The molecule has 0 radical (unpaired) electrons. The molecule has 0 aliphatic heterocycles. The van der Waals surface area contributed by atoms with Gasteiger partial charge in [-0.15, -0.1) is 0 Å². The highest BCUT2D eigenvalue weighted by atomic mass is 16.3. The first-order valence-corrected chi connectivity index (χ1v) is 6.66. The van der Waals surface area contributed by atoms with E-state index in [1.807, 2.05) is 19.9 Å². The van der Waals surface area contributed by atoms with Crippen molar-refractivity contribution in [3.05, 3.63) is 35.9 Å². The van der Waals surface area contributed by atoms with Gasteiger partial charge in [0.05, 0.1) is 5.60 Å². The van der Waals surface area contributed by atoms with Crippen molar-refractivity contribution in [3.63, 3.8) is 0 Å². The average molecular weight is 235 g/mol. The molecule has 1 atom stereocenters. The van der Waals surface area contributed by atoms with E-state index in [9.17, 15) is 5.11 Å². The Hall–Kier alpha value is -0.860. The highest BCUT2D eigenvalue weighted by Crippen LogP contribution is 2.19. The Morgan fingerprint density at radius 3 is 2.18 bits per heavy atom. The molecule has 0 heterocycles. The van der Waals surface area contributed by atoms with Gasteiger partial charge >= 0.3 is 0 Å². The van der Waals surface area contributed by atoms with Crippen LogP contribution in [0.3, 0.4) is 0 Å². The second-order valence-corrected chi connectivity index (χ2v) is 4.68. The Kier molecular flexibility index (Phi) is 5.66. The Bertz CT molecular complexity index is 306. The molecule has 0 saturated heterocycles. The zero-order chi connectivity index (χ0) is 12.7. The van der Waals surface area contributed by atoms with Gasteiger partial charge in [-0.2, -0.15) is 0 Å². The lowest BCUT2D eigenvalue weighted by Crippen LogP contribution is -2.40. The van der Waals surface area contributed by atoms with Gasteiger partial charge in [0.25, 0.3) is 0 Å². The molecule has 2 N–H and O–H groups in total. The molecule has 1 unspecified atom stereocenters. The summed E-state index contributed by atoms with van der Waals surface area (Å²) in [6.45, 7) is 6.90. The van der Waals surface area contributed by atoms with Crippen LogP contribution in [-0.4, -0.2) is 17.3 Å². The largest absolute Gasteiger partial charge is 0.389 e. The lowest BCUT2D eigenvalue weighted by Gasteiger charge is -2.28. The molecule has 0 saturated carbocycles. The molecule has 1 aromatic carbocycles. The Balaban J connectivity index is 2.60. The molecule has 1 aromatic rings. The maximum atomic E-state index is 10.3. The number of hydrogen-bond acceptors (Lipinski definition) is 2. The van der Waals surface area contributed by atoms with Gasteiger partial charge in [0, 0.05) is 12.6 Å². The zero-order valence-electron chi connectivity index (χ0n) is 11.2. The molecule has 2 heteroatoms. The van der Waals surface area contributed by atoms with Gasteiger partial charge in [-0.1, -0.05) is 51.1 Å². The van der Waals surface area contributed by atoms with Crippen molar-refractivity contribution in [2.45, 2.75) is 51.7 Å². The van der Waals surface area contributed by atoms with Crippen LogP contribution in [-0.2, 0) is 0 Å². The van der Waals surface area contributed by atoms with Crippen molar-refractivity contribution < 1.29 is 5.11 Å². The molecular weight excluding hydrogens is 210 g/mol. The molecule has 0 spiro atoms. The summed E-state index contributed by atoms with van der Waals surface area (Å²) < 4.78 is 0. The normalized spacial score (nSPS) is 13.6. The third-order valence-electron chi connectivity index (χ3n) is 3.60. The number of hydrogen-bond donors (Lipinski definition) is 2. The molecule has 0 fully saturated rings. The first kappa shape index (κ1) is 14.2. The molecule has 0 aromatic heterocycles. The summed E-state index contributed by atoms with van der Waals surface area (Å²) in [6, 6.07) is 10.8. The van der Waals surface area contributed by atoms with Crippen molar-refractivity contribution in [2.24, 2.45) is 0 Å². The van der Waals surface area contributed by atoms with E-state index in [0.717, 1.165) is 19.3 Å². The minimum atomic E-state index is -0.567. The van der Waals surface area contributed by atoms with Crippen molar-refractivity contribution in [3.8, 4) is 0 Å². The van der Waals surface area contributed by atoms with Gasteiger partial charge < -0.3 is 10.4 Å². The molecule has 2 nitrogen and oxygen atoms in total. The van der Waals surface area contributed by atoms with E-state index in [-0.39, 0.29) is 0 Å². The minimum absolute atomic E-state index is 0.334. The van der Waals surface area contributed by atoms with Gasteiger partial charge in [-0.05, 0) is 24.8 Å². The predicted molar refractivity (Wildman–Crippen MR) is 73.0 cm³/mol.